The van der Waals surface area contributed by atoms with Crippen molar-refractivity contribution in [3.05, 3.63) is 47.5 Å². The summed E-state index contributed by atoms with van der Waals surface area (Å²) in [7, 11) is 0. The Hall–Kier alpha value is -1.81. The molecule has 0 atom stereocenters. The summed E-state index contributed by atoms with van der Waals surface area (Å²) in [6, 6.07) is 8.47. The molecule has 0 aliphatic rings. The fraction of sp³-hybridized carbons (Fsp3) is 0. The van der Waals surface area contributed by atoms with Crippen molar-refractivity contribution >= 4 is 23.4 Å². The zero-order valence-corrected chi connectivity index (χ0v) is 8.54. The molecule has 0 saturated heterocycles. The van der Waals surface area contributed by atoms with Gasteiger partial charge < -0.3 is 0 Å². The van der Waals surface area contributed by atoms with Crippen LogP contribution in [0.4, 0.5) is 0 Å². The number of carbonyl (C=O) groups excluding carboxylic acids is 2. The number of benzene rings is 1. The van der Waals surface area contributed by atoms with E-state index < -0.39 is 11.8 Å². The molecule has 1 aromatic carbocycles. The minimum absolute atomic E-state index is 0.191. The van der Waals surface area contributed by atoms with Gasteiger partial charge in [-0.2, -0.15) is 0 Å². The number of hydrogen-bond acceptors (Lipinski definition) is 2. The molecule has 0 fully saturated rings. The number of nitrogens with one attached hydrogen (secondary N) is 2. The molecule has 0 aromatic heterocycles. The number of amides is 2. The first-order chi connectivity index (χ1) is 7.11. The highest BCUT2D eigenvalue weighted by molar-refractivity contribution is 6.41. The lowest BCUT2D eigenvalue weighted by atomic mass is 10.2. The number of rotatable bonds is 2. The predicted molar refractivity (Wildman–Crippen MR) is 57.0 cm³/mol. The van der Waals surface area contributed by atoms with Crippen molar-refractivity contribution < 1.29 is 9.59 Å². The number of hydrazine groups is 1. The maximum absolute atomic E-state index is 11.4. The Bertz CT molecular complexity index is 390. The Balaban J connectivity index is 2.51. The zero-order valence-electron chi connectivity index (χ0n) is 7.79. The number of hydrogen-bond donors (Lipinski definition) is 2. The van der Waals surface area contributed by atoms with Crippen molar-refractivity contribution in [3.8, 4) is 0 Å². The second-order valence-electron chi connectivity index (χ2n) is 2.68. The van der Waals surface area contributed by atoms with E-state index in [1.807, 2.05) is 0 Å². The zero-order chi connectivity index (χ0) is 11.3. The average Bonchev–Trinajstić information content (AvgIpc) is 2.26. The van der Waals surface area contributed by atoms with Crippen LogP contribution < -0.4 is 10.9 Å². The van der Waals surface area contributed by atoms with Crippen LogP contribution >= 0.6 is 11.6 Å². The van der Waals surface area contributed by atoms with Crippen LogP contribution in [-0.4, -0.2) is 11.8 Å². The summed E-state index contributed by atoms with van der Waals surface area (Å²) in [5.41, 5.74) is 4.75. The Morgan fingerprint density at radius 3 is 2.27 bits per heavy atom. The quantitative estimate of drug-likeness (QED) is 0.586. The summed E-state index contributed by atoms with van der Waals surface area (Å²) < 4.78 is 0. The van der Waals surface area contributed by atoms with E-state index in [-0.39, 0.29) is 5.03 Å². The number of carbonyl (C=O) groups is 2. The Morgan fingerprint density at radius 2 is 1.73 bits per heavy atom. The predicted octanol–water partition coefficient (Wildman–Crippen LogP) is 1.20. The van der Waals surface area contributed by atoms with E-state index in [9.17, 15) is 9.59 Å². The third kappa shape index (κ3) is 3.44. The summed E-state index contributed by atoms with van der Waals surface area (Å²) in [6.07, 6.45) is 0. The van der Waals surface area contributed by atoms with Gasteiger partial charge in [0.25, 0.3) is 11.8 Å². The molecule has 4 nitrogen and oxygen atoms in total. The SMILES string of the molecule is C=C(Cl)C(=O)NNC(=O)c1ccccc1. The molecule has 0 aliphatic carbocycles. The van der Waals surface area contributed by atoms with E-state index in [1.165, 1.54) is 0 Å². The second kappa shape index (κ2) is 5.17. The number of halogens is 1. The molecule has 0 bridgehead atoms. The largest absolute Gasteiger partial charge is 0.280 e. The average molecular weight is 225 g/mol. The van der Waals surface area contributed by atoms with Gasteiger partial charge in [-0.15, -0.1) is 0 Å². The van der Waals surface area contributed by atoms with Gasteiger partial charge in [-0.3, -0.25) is 20.4 Å². The van der Waals surface area contributed by atoms with Gasteiger partial charge in [0.2, 0.25) is 0 Å². The molecular weight excluding hydrogens is 216 g/mol. The molecule has 15 heavy (non-hydrogen) atoms. The molecule has 0 aliphatic heterocycles. The first-order valence-electron chi connectivity index (χ1n) is 4.11. The molecule has 5 heteroatoms. The van der Waals surface area contributed by atoms with Crippen LogP contribution in [0.5, 0.6) is 0 Å². The highest BCUT2D eigenvalue weighted by Crippen LogP contribution is 1.97. The smallest absolute Gasteiger partial charge is 0.267 e. The Morgan fingerprint density at radius 1 is 1.13 bits per heavy atom. The molecule has 0 spiro atoms. The fourth-order valence-electron chi connectivity index (χ4n) is 0.843. The molecule has 2 N–H and O–H groups in total. The van der Waals surface area contributed by atoms with E-state index in [0.717, 1.165) is 0 Å². The standard InChI is InChI=1S/C10H9ClN2O2/c1-7(11)9(14)12-13-10(15)8-5-3-2-4-6-8/h2-6H,1H2,(H,12,14)(H,13,15). The first-order valence-corrected chi connectivity index (χ1v) is 4.49. The van der Waals surface area contributed by atoms with Gasteiger partial charge in [0.05, 0.1) is 5.03 Å². The maximum atomic E-state index is 11.4. The van der Waals surface area contributed by atoms with Crippen molar-refractivity contribution in [2.45, 2.75) is 0 Å². The van der Waals surface area contributed by atoms with Crippen LogP contribution in [-0.2, 0) is 4.79 Å². The molecular formula is C10H9ClN2O2. The van der Waals surface area contributed by atoms with Crippen molar-refractivity contribution in [1.29, 1.82) is 0 Å². The topological polar surface area (TPSA) is 58.2 Å². The molecule has 1 aromatic rings. The summed E-state index contributed by atoms with van der Waals surface area (Å²) in [5.74, 6) is -1.05. The molecule has 0 saturated carbocycles. The molecule has 78 valence electrons. The molecule has 0 radical (unpaired) electrons. The lowest BCUT2D eigenvalue weighted by molar-refractivity contribution is -0.117. The summed E-state index contributed by atoms with van der Waals surface area (Å²) in [5, 5.41) is -0.191. The molecule has 0 heterocycles. The first kappa shape index (κ1) is 11.3. The fourth-order valence-corrected chi connectivity index (χ4v) is 0.890. The summed E-state index contributed by atoms with van der Waals surface area (Å²) >= 11 is 5.30. The third-order valence-corrected chi connectivity index (χ3v) is 1.74. The highest BCUT2D eigenvalue weighted by atomic mass is 35.5. The van der Waals surface area contributed by atoms with E-state index >= 15 is 0 Å². The van der Waals surface area contributed by atoms with E-state index in [1.54, 1.807) is 30.3 Å². The Kier molecular flexibility index (Phi) is 3.88. The van der Waals surface area contributed by atoms with Crippen LogP contribution in [0.25, 0.3) is 0 Å². The van der Waals surface area contributed by atoms with Crippen molar-refractivity contribution in [3.63, 3.8) is 0 Å². The lowest BCUT2D eigenvalue weighted by Gasteiger charge is -2.05. The van der Waals surface area contributed by atoms with Gasteiger partial charge >= 0.3 is 0 Å². The van der Waals surface area contributed by atoms with E-state index in [0.29, 0.717) is 5.56 Å². The van der Waals surface area contributed by atoms with Crippen molar-refractivity contribution in [2.24, 2.45) is 0 Å². The lowest BCUT2D eigenvalue weighted by Crippen LogP contribution is -2.41. The van der Waals surface area contributed by atoms with Crippen LogP contribution in [0, 0.1) is 0 Å². The van der Waals surface area contributed by atoms with Crippen LogP contribution in [0.2, 0.25) is 0 Å². The van der Waals surface area contributed by atoms with Gasteiger partial charge in [-0.25, -0.2) is 0 Å². The monoisotopic (exact) mass is 224 g/mol. The molecule has 0 unspecified atom stereocenters. The van der Waals surface area contributed by atoms with Crippen molar-refractivity contribution in [1.82, 2.24) is 10.9 Å². The van der Waals surface area contributed by atoms with Gasteiger partial charge in [0.15, 0.2) is 0 Å². The van der Waals surface area contributed by atoms with Crippen LogP contribution in [0.1, 0.15) is 10.4 Å². The Labute approximate surface area is 91.9 Å². The van der Waals surface area contributed by atoms with Crippen LogP contribution in [0.15, 0.2) is 41.9 Å². The van der Waals surface area contributed by atoms with Gasteiger partial charge in [-0.1, -0.05) is 36.4 Å². The minimum atomic E-state index is -0.638. The highest BCUT2D eigenvalue weighted by Gasteiger charge is 2.07. The normalized spacial score (nSPS) is 9.13. The molecule has 2 amide bonds. The van der Waals surface area contributed by atoms with E-state index in [2.05, 4.69) is 17.4 Å². The van der Waals surface area contributed by atoms with Crippen LogP contribution in [0.3, 0.4) is 0 Å². The maximum Gasteiger partial charge on any atom is 0.280 e. The van der Waals surface area contributed by atoms with E-state index in [4.69, 9.17) is 11.6 Å². The minimum Gasteiger partial charge on any atom is -0.267 e. The summed E-state index contributed by atoms with van der Waals surface area (Å²) in [6.45, 7) is 3.21. The third-order valence-electron chi connectivity index (χ3n) is 1.57. The second-order valence-corrected chi connectivity index (χ2v) is 3.14. The summed E-state index contributed by atoms with van der Waals surface area (Å²) in [4.78, 5) is 22.3. The molecule has 1 rings (SSSR count). The van der Waals surface area contributed by atoms with Gasteiger partial charge in [-0.05, 0) is 12.1 Å². The van der Waals surface area contributed by atoms with Crippen molar-refractivity contribution in [2.75, 3.05) is 0 Å². The van der Waals surface area contributed by atoms with Gasteiger partial charge in [0, 0.05) is 5.56 Å². The van der Waals surface area contributed by atoms with Gasteiger partial charge in [0.1, 0.15) is 0 Å².